The van der Waals surface area contributed by atoms with Crippen LogP contribution in [0.15, 0.2) is 58.6 Å². The summed E-state index contributed by atoms with van der Waals surface area (Å²) in [5, 5.41) is 12.6. The molecule has 0 aliphatic carbocycles. The smallest absolute Gasteiger partial charge is 0.309 e. The van der Waals surface area contributed by atoms with Crippen LogP contribution in [-0.2, 0) is 9.59 Å². The van der Waals surface area contributed by atoms with Gasteiger partial charge in [0.15, 0.2) is 5.16 Å². The van der Waals surface area contributed by atoms with E-state index in [9.17, 15) is 9.59 Å². The van der Waals surface area contributed by atoms with E-state index in [0.29, 0.717) is 5.69 Å². The first-order chi connectivity index (χ1) is 12.3. The van der Waals surface area contributed by atoms with Crippen LogP contribution >= 0.6 is 11.8 Å². The Balaban J connectivity index is 1.63. The van der Waals surface area contributed by atoms with Gasteiger partial charge in [-0.05, 0) is 50.2 Å². The fourth-order valence-corrected chi connectivity index (χ4v) is 3.18. The number of hydrogen-bond donors (Lipinski definition) is 3. The number of rotatable bonds is 6. The first-order valence-corrected chi connectivity index (χ1v) is 8.91. The number of imidazole rings is 1. The van der Waals surface area contributed by atoms with E-state index in [-0.39, 0.29) is 12.3 Å². The Morgan fingerprint density at radius 2 is 1.85 bits per heavy atom. The predicted molar refractivity (Wildman–Crippen MR) is 101 cm³/mol. The molecule has 3 aromatic rings. The molecule has 0 aliphatic heterocycles. The topological polar surface area (TPSA) is 95.1 Å². The number of carbonyl (C=O) groups excluding carboxylic acids is 1. The van der Waals surface area contributed by atoms with Crippen molar-refractivity contribution < 1.29 is 14.7 Å². The summed E-state index contributed by atoms with van der Waals surface area (Å²) < 4.78 is 0. The molecule has 0 saturated heterocycles. The summed E-state index contributed by atoms with van der Waals surface area (Å²) in [6, 6.07) is 15.2. The lowest BCUT2D eigenvalue weighted by Crippen LogP contribution is -2.29. The van der Waals surface area contributed by atoms with Crippen molar-refractivity contribution in [2.75, 3.05) is 5.32 Å². The molecule has 2 aromatic carbocycles. The third-order valence-corrected chi connectivity index (χ3v) is 4.80. The van der Waals surface area contributed by atoms with Gasteiger partial charge in [-0.25, -0.2) is 4.98 Å². The van der Waals surface area contributed by atoms with E-state index in [1.807, 2.05) is 36.4 Å². The molecule has 0 bridgehead atoms. The first-order valence-electron chi connectivity index (χ1n) is 8.09. The number of aromatic amines is 1. The van der Waals surface area contributed by atoms with E-state index in [4.69, 9.17) is 5.11 Å². The van der Waals surface area contributed by atoms with Crippen molar-refractivity contribution in [3.05, 3.63) is 48.5 Å². The standard InChI is InChI=1S/C19H19N3O3S/c1-19(2,17(24)25)11-16(23)20-12-7-9-13(10-8-12)26-18-21-14-5-3-4-6-15(14)22-18/h3-10H,11H2,1-2H3,(H,20,23)(H,21,22)(H,24,25). The van der Waals surface area contributed by atoms with E-state index >= 15 is 0 Å². The molecule has 0 atom stereocenters. The van der Waals surface area contributed by atoms with Crippen LogP contribution in [0.25, 0.3) is 11.0 Å². The van der Waals surface area contributed by atoms with E-state index in [1.54, 1.807) is 12.1 Å². The quantitative estimate of drug-likeness (QED) is 0.606. The molecular weight excluding hydrogens is 350 g/mol. The summed E-state index contributed by atoms with van der Waals surface area (Å²) in [5.74, 6) is -1.32. The molecule has 1 heterocycles. The molecule has 0 spiro atoms. The Labute approximate surface area is 155 Å². The van der Waals surface area contributed by atoms with Gasteiger partial charge in [0.05, 0.1) is 16.4 Å². The maximum absolute atomic E-state index is 12.0. The number of aliphatic carboxylic acids is 1. The molecule has 26 heavy (non-hydrogen) atoms. The number of carboxylic acid groups (broad SMARTS) is 1. The van der Waals surface area contributed by atoms with Gasteiger partial charge in [-0.1, -0.05) is 23.9 Å². The lowest BCUT2D eigenvalue weighted by atomic mass is 9.89. The third kappa shape index (κ3) is 4.23. The fraction of sp³-hybridized carbons (Fsp3) is 0.211. The highest BCUT2D eigenvalue weighted by Crippen LogP contribution is 2.28. The third-order valence-electron chi connectivity index (χ3n) is 3.90. The summed E-state index contributed by atoms with van der Waals surface area (Å²) in [6.07, 6.45) is -0.0855. The molecule has 1 amide bonds. The number of nitrogens with one attached hydrogen (secondary N) is 2. The van der Waals surface area contributed by atoms with Gasteiger partial charge in [-0.3, -0.25) is 9.59 Å². The minimum absolute atomic E-state index is 0.0855. The van der Waals surface area contributed by atoms with E-state index in [2.05, 4.69) is 15.3 Å². The zero-order chi connectivity index (χ0) is 18.7. The SMILES string of the molecule is CC(C)(CC(=O)Nc1ccc(Sc2nc3ccccc3[nH]2)cc1)C(=O)O. The lowest BCUT2D eigenvalue weighted by Gasteiger charge is -2.18. The summed E-state index contributed by atoms with van der Waals surface area (Å²) in [5.41, 5.74) is 1.44. The highest BCUT2D eigenvalue weighted by molar-refractivity contribution is 7.99. The highest BCUT2D eigenvalue weighted by atomic mass is 32.2. The van der Waals surface area contributed by atoms with Crippen LogP contribution < -0.4 is 5.32 Å². The Bertz CT molecular complexity index is 915. The van der Waals surface area contributed by atoms with Crippen molar-refractivity contribution in [1.29, 1.82) is 0 Å². The zero-order valence-electron chi connectivity index (χ0n) is 14.4. The van der Waals surface area contributed by atoms with Crippen molar-refractivity contribution >= 4 is 40.4 Å². The largest absolute Gasteiger partial charge is 0.481 e. The van der Waals surface area contributed by atoms with Crippen LogP contribution in [0.2, 0.25) is 0 Å². The number of fused-ring (bicyclic) bond motifs is 1. The van der Waals surface area contributed by atoms with Gasteiger partial charge in [-0.2, -0.15) is 0 Å². The number of nitrogens with zero attached hydrogens (tertiary/aromatic N) is 1. The Kier molecular flexibility index (Phi) is 4.99. The molecule has 0 aliphatic rings. The molecule has 0 radical (unpaired) electrons. The average Bonchev–Trinajstić information content (AvgIpc) is 2.98. The van der Waals surface area contributed by atoms with Crippen LogP contribution in [-0.4, -0.2) is 27.0 Å². The normalized spacial score (nSPS) is 11.5. The second-order valence-corrected chi connectivity index (χ2v) is 7.66. The molecule has 0 fully saturated rings. The Morgan fingerprint density at radius 3 is 2.50 bits per heavy atom. The predicted octanol–water partition coefficient (Wildman–Crippen LogP) is 4.15. The van der Waals surface area contributed by atoms with Gasteiger partial charge in [0, 0.05) is 17.0 Å². The van der Waals surface area contributed by atoms with E-state index in [1.165, 1.54) is 25.6 Å². The Hall–Kier alpha value is -2.80. The summed E-state index contributed by atoms with van der Waals surface area (Å²) in [4.78, 5) is 31.9. The second kappa shape index (κ2) is 7.21. The maximum Gasteiger partial charge on any atom is 0.309 e. The van der Waals surface area contributed by atoms with Crippen LogP contribution in [0.3, 0.4) is 0 Å². The van der Waals surface area contributed by atoms with Gasteiger partial charge >= 0.3 is 5.97 Å². The van der Waals surface area contributed by atoms with Crippen LogP contribution in [0.1, 0.15) is 20.3 Å². The highest BCUT2D eigenvalue weighted by Gasteiger charge is 2.30. The molecule has 3 rings (SSSR count). The molecule has 0 unspecified atom stereocenters. The monoisotopic (exact) mass is 369 g/mol. The lowest BCUT2D eigenvalue weighted by molar-refractivity contribution is -0.148. The molecule has 0 saturated carbocycles. The van der Waals surface area contributed by atoms with Crippen LogP contribution in [0, 0.1) is 5.41 Å². The van der Waals surface area contributed by atoms with Gasteiger partial charge in [0.25, 0.3) is 0 Å². The number of H-pyrrole nitrogens is 1. The molecule has 134 valence electrons. The van der Waals surface area contributed by atoms with Crippen LogP contribution in [0.4, 0.5) is 5.69 Å². The number of hydrogen-bond acceptors (Lipinski definition) is 4. The number of amides is 1. The number of carbonyl (C=O) groups is 2. The number of benzene rings is 2. The first kappa shape index (κ1) is 18.0. The van der Waals surface area contributed by atoms with Gasteiger partial charge < -0.3 is 15.4 Å². The number of aromatic nitrogens is 2. The van der Waals surface area contributed by atoms with E-state index in [0.717, 1.165) is 21.1 Å². The van der Waals surface area contributed by atoms with Crippen LogP contribution in [0.5, 0.6) is 0 Å². The molecule has 6 nitrogen and oxygen atoms in total. The molecule has 1 aromatic heterocycles. The fourth-order valence-electron chi connectivity index (χ4n) is 2.38. The average molecular weight is 369 g/mol. The summed E-state index contributed by atoms with van der Waals surface area (Å²) in [6.45, 7) is 3.06. The summed E-state index contributed by atoms with van der Waals surface area (Å²) in [7, 11) is 0. The van der Waals surface area contributed by atoms with Gasteiger partial charge in [-0.15, -0.1) is 0 Å². The second-order valence-electron chi connectivity index (χ2n) is 6.60. The van der Waals surface area contributed by atoms with Crippen molar-refractivity contribution in [3.63, 3.8) is 0 Å². The zero-order valence-corrected chi connectivity index (χ0v) is 15.3. The van der Waals surface area contributed by atoms with E-state index < -0.39 is 11.4 Å². The number of anilines is 1. The maximum atomic E-state index is 12.0. The molecular formula is C19H19N3O3S. The van der Waals surface area contributed by atoms with Crippen molar-refractivity contribution in [3.8, 4) is 0 Å². The van der Waals surface area contributed by atoms with Gasteiger partial charge in [0.2, 0.25) is 5.91 Å². The number of carboxylic acids is 1. The number of para-hydroxylation sites is 2. The van der Waals surface area contributed by atoms with Crippen molar-refractivity contribution in [2.24, 2.45) is 5.41 Å². The van der Waals surface area contributed by atoms with Gasteiger partial charge in [0.1, 0.15) is 0 Å². The molecule has 7 heteroatoms. The minimum Gasteiger partial charge on any atom is -0.481 e. The summed E-state index contributed by atoms with van der Waals surface area (Å²) >= 11 is 1.50. The van der Waals surface area contributed by atoms with Crippen molar-refractivity contribution in [2.45, 2.75) is 30.3 Å². The molecule has 3 N–H and O–H groups in total. The van der Waals surface area contributed by atoms with Crippen molar-refractivity contribution in [1.82, 2.24) is 9.97 Å². The minimum atomic E-state index is -1.10. The Morgan fingerprint density at radius 1 is 1.15 bits per heavy atom.